The Kier molecular flexibility index (Phi) is 5.76. The lowest BCUT2D eigenvalue weighted by Gasteiger charge is -2.35. The lowest BCUT2D eigenvalue weighted by molar-refractivity contribution is -0.136. The van der Waals surface area contributed by atoms with Crippen LogP contribution in [0.5, 0.6) is 0 Å². The Morgan fingerprint density at radius 1 is 1.00 bits per heavy atom. The number of carbonyl (C=O) groups excluding carboxylic acids is 2. The van der Waals surface area contributed by atoms with Crippen molar-refractivity contribution in [2.24, 2.45) is 11.8 Å². The number of carbonyl (C=O) groups is 2. The van der Waals surface area contributed by atoms with Gasteiger partial charge >= 0.3 is 0 Å². The van der Waals surface area contributed by atoms with Gasteiger partial charge in [-0.15, -0.1) is 0 Å². The number of hydrogen-bond acceptors (Lipinski definition) is 4. The SMILES string of the molecule is CC1CN(CCNC(=O)C2CCN(C(=O)C3CC3)CC2)CC(C)O1. The Hall–Kier alpha value is -1.14. The zero-order valence-corrected chi connectivity index (χ0v) is 15.0. The molecule has 0 bridgehead atoms. The van der Waals surface area contributed by atoms with Crippen LogP contribution >= 0.6 is 0 Å². The van der Waals surface area contributed by atoms with Gasteiger partial charge in [0, 0.05) is 51.1 Å². The number of hydrogen-bond donors (Lipinski definition) is 1. The van der Waals surface area contributed by atoms with Crippen LogP contribution in [0.1, 0.15) is 39.5 Å². The van der Waals surface area contributed by atoms with E-state index in [9.17, 15) is 9.59 Å². The maximum absolute atomic E-state index is 12.3. The molecule has 3 aliphatic rings. The second-order valence-corrected chi connectivity index (χ2v) is 7.68. The molecule has 6 heteroatoms. The number of nitrogens with one attached hydrogen (secondary N) is 1. The molecular formula is C18H31N3O3. The van der Waals surface area contributed by atoms with Gasteiger partial charge in [0.1, 0.15) is 0 Å². The average molecular weight is 337 g/mol. The van der Waals surface area contributed by atoms with E-state index in [4.69, 9.17) is 4.74 Å². The van der Waals surface area contributed by atoms with E-state index in [0.717, 1.165) is 58.4 Å². The van der Waals surface area contributed by atoms with Crippen LogP contribution in [-0.4, -0.2) is 73.1 Å². The monoisotopic (exact) mass is 337 g/mol. The smallest absolute Gasteiger partial charge is 0.225 e. The van der Waals surface area contributed by atoms with Crippen LogP contribution < -0.4 is 5.32 Å². The number of amides is 2. The molecule has 2 saturated heterocycles. The van der Waals surface area contributed by atoms with Crippen LogP contribution in [0.3, 0.4) is 0 Å². The number of piperidine rings is 1. The van der Waals surface area contributed by atoms with Crippen LogP contribution in [0.2, 0.25) is 0 Å². The molecule has 0 radical (unpaired) electrons. The molecule has 6 nitrogen and oxygen atoms in total. The molecular weight excluding hydrogens is 306 g/mol. The van der Waals surface area contributed by atoms with E-state index < -0.39 is 0 Å². The van der Waals surface area contributed by atoms with Crippen molar-refractivity contribution >= 4 is 11.8 Å². The van der Waals surface area contributed by atoms with E-state index in [1.165, 1.54) is 0 Å². The van der Waals surface area contributed by atoms with Gasteiger partial charge in [0.2, 0.25) is 11.8 Å². The van der Waals surface area contributed by atoms with Crippen molar-refractivity contribution in [3.63, 3.8) is 0 Å². The summed E-state index contributed by atoms with van der Waals surface area (Å²) < 4.78 is 5.73. The minimum absolute atomic E-state index is 0.0655. The molecule has 3 fully saturated rings. The Morgan fingerprint density at radius 3 is 2.21 bits per heavy atom. The molecule has 24 heavy (non-hydrogen) atoms. The molecule has 2 heterocycles. The van der Waals surface area contributed by atoms with Gasteiger partial charge in [-0.3, -0.25) is 14.5 Å². The van der Waals surface area contributed by atoms with Crippen LogP contribution in [-0.2, 0) is 14.3 Å². The first-order chi connectivity index (χ1) is 11.5. The highest BCUT2D eigenvalue weighted by molar-refractivity contribution is 5.82. The van der Waals surface area contributed by atoms with E-state index >= 15 is 0 Å². The summed E-state index contributed by atoms with van der Waals surface area (Å²) in [6.45, 7) is 9.11. The average Bonchev–Trinajstić information content (AvgIpc) is 3.38. The Labute approximate surface area is 144 Å². The molecule has 0 aromatic heterocycles. The number of likely N-dealkylation sites (tertiary alicyclic amines) is 1. The van der Waals surface area contributed by atoms with Crippen molar-refractivity contribution in [2.45, 2.75) is 51.7 Å². The quantitative estimate of drug-likeness (QED) is 0.808. The minimum Gasteiger partial charge on any atom is -0.373 e. The van der Waals surface area contributed by atoms with Gasteiger partial charge in [0.15, 0.2) is 0 Å². The zero-order chi connectivity index (χ0) is 17.1. The summed E-state index contributed by atoms with van der Waals surface area (Å²) in [7, 11) is 0. The lowest BCUT2D eigenvalue weighted by atomic mass is 9.95. The molecule has 1 N–H and O–H groups in total. The van der Waals surface area contributed by atoms with Crippen molar-refractivity contribution in [1.29, 1.82) is 0 Å². The van der Waals surface area contributed by atoms with Crippen LogP contribution in [0.25, 0.3) is 0 Å². The Morgan fingerprint density at radius 2 is 1.62 bits per heavy atom. The first kappa shape index (κ1) is 17.7. The van der Waals surface area contributed by atoms with Crippen LogP contribution in [0.4, 0.5) is 0 Å². The molecule has 2 aliphatic heterocycles. The third kappa shape index (κ3) is 4.70. The first-order valence-corrected chi connectivity index (χ1v) is 9.47. The maximum Gasteiger partial charge on any atom is 0.225 e. The van der Waals surface area contributed by atoms with E-state index in [1.807, 2.05) is 4.90 Å². The van der Waals surface area contributed by atoms with Crippen LogP contribution in [0, 0.1) is 11.8 Å². The van der Waals surface area contributed by atoms with Crippen LogP contribution in [0.15, 0.2) is 0 Å². The summed E-state index contributed by atoms with van der Waals surface area (Å²) in [5.41, 5.74) is 0. The molecule has 0 spiro atoms. The second-order valence-electron chi connectivity index (χ2n) is 7.68. The summed E-state index contributed by atoms with van der Waals surface area (Å²) in [4.78, 5) is 28.7. The van der Waals surface area contributed by atoms with E-state index in [1.54, 1.807) is 0 Å². The van der Waals surface area contributed by atoms with Gasteiger partial charge in [-0.1, -0.05) is 0 Å². The van der Waals surface area contributed by atoms with Crippen molar-refractivity contribution in [3.05, 3.63) is 0 Å². The molecule has 0 aromatic rings. The topological polar surface area (TPSA) is 61.9 Å². The van der Waals surface area contributed by atoms with E-state index in [-0.39, 0.29) is 30.0 Å². The predicted octanol–water partition coefficient (Wildman–Crippen LogP) is 0.860. The Balaban J connectivity index is 1.33. The molecule has 1 saturated carbocycles. The van der Waals surface area contributed by atoms with Gasteiger partial charge in [-0.05, 0) is 39.5 Å². The zero-order valence-electron chi connectivity index (χ0n) is 15.0. The van der Waals surface area contributed by atoms with E-state index in [2.05, 4.69) is 24.1 Å². The number of rotatable bonds is 5. The summed E-state index contributed by atoms with van der Waals surface area (Å²) >= 11 is 0. The summed E-state index contributed by atoms with van der Waals surface area (Å²) in [5.74, 6) is 0.816. The third-order valence-electron chi connectivity index (χ3n) is 5.33. The first-order valence-electron chi connectivity index (χ1n) is 9.47. The number of morpholine rings is 1. The Bertz CT molecular complexity index is 448. The normalized spacial score (nSPS) is 29.5. The lowest BCUT2D eigenvalue weighted by Crippen LogP contribution is -2.49. The summed E-state index contributed by atoms with van der Waals surface area (Å²) in [5, 5.41) is 3.08. The third-order valence-corrected chi connectivity index (χ3v) is 5.33. The molecule has 2 amide bonds. The highest BCUT2D eigenvalue weighted by atomic mass is 16.5. The molecule has 3 rings (SSSR count). The molecule has 1 aliphatic carbocycles. The van der Waals surface area contributed by atoms with Gasteiger partial charge in [0.25, 0.3) is 0 Å². The summed E-state index contributed by atoms with van der Waals surface area (Å²) in [6, 6.07) is 0. The van der Waals surface area contributed by atoms with Gasteiger partial charge in [-0.2, -0.15) is 0 Å². The summed E-state index contributed by atoms with van der Waals surface area (Å²) in [6.07, 6.45) is 4.23. The second kappa shape index (κ2) is 7.83. The fourth-order valence-electron chi connectivity index (χ4n) is 3.90. The number of ether oxygens (including phenoxy) is 1. The molecule has 2 unspecified atom stereocenters. The molecule has 2 atom stereocenters. The molecule has 0 aromatic carbocycles. The highest BCUT2D eigenvalue weighted by Gasteiger charge is 2.35. The van der Waals surface area contributed by atoms with Crippen molar-refractivity contribution in [1.82, 2.24) is 15.1 Å². The van der Waals surface area contributed by atoms with Gasteiger partial charge in [0.05, 0.1) is 12.2 Å². The van der Waals surface area contributed by atoms with Crippen molar-refractivity contribution in [3.8, 4) is 0 Å². The minimum atomic E-state index is 0.0655. The van der Waals surface area contributed by atoms with Gasteiger partial charge in [-0.25, -0.2) is 0 Å². The fraction of sp³-hybridized carbons (Fsp3) is 0.889. The van der Waals surface area contributed by atoms with Crippen molar-refractivity contribution < 1.29 is 14.3 Å². The highest BCUT2D eigenvalue weighted by Crippen LogP contribution is 2.32. The maximum atomic E-state index is 12.3. The van der Waals surface area contributed by atoms with Crippen molar-refractivity contribution in [2.75, 3.05) is 39.3 Å². The van der Waals surface area contributed by atoms with E-state index in [0.29, 0.717) is 12.5 Å². The molecule has 136 valence electrons. The van der Waals surface area contributed by atoms with Gasteiger partial charge < -0.3 is 15.0 Å². The predicted molar refractivity (Wildman–Crippen MR) is 91.5 cm³/mol. The standard InChI is InChI=1S/C18H31N3O3/c1-13-11-20(12-14(2)24-13)10-7-19-17(22)15-5-8-21(9-6-15)18(23)16-3-4-16/h13-16H,3-12H2,1-2H3,(H,19,22). The largest absolute Gasteiger partial charge is 0.373 e. The number of nitrogens with zero attached hydrogens (tertiary/aromatic N) is 2. The fourth-order valence-corrected chi connectivity index (χ4v) is 3.90.